The first-order valence-electron chi connectivity index (χ1n) is 6.99. The normalized spacial score (nSPS) is 13.9. The lowest BCUT2D eigenvalue weighted by atomic mass is 10.1. The Morgan fingerprint density at radius 2 is 1.32 bits per heavy atom. The third-order valence-electron chi connectivity index (χ3n) is 2.86. The molecule has 0 heterocycles. The first kappa shape index (κ1) is 23.0. The summed E-state index contributed by atoms with van der Waals surface area (Å²) in [5.74, 6) is -4.79. The standard InChI is InChI=1S/C12H21N5O6S2/c13-2-9(19)15-6(3-24)10(20)17-7(4-25)11(21)16-5(12(22)23)1-8(14)18/h5-7,24-25H,1-4,13H2,(H2,14,18)(H,15,19)(H,16,21)(H,17,20)(H,22,23). The smallest absolute Gasteiger partial charge is 0.326 e. The molecule has 0 aliphatic heterocycles. The molecule has 25 heavy (non-hydrogen) atoms. The van der Waals surface area contributed by atoms with Crippen LogP contribution in [0.4, 0.5) is 0 Å². The summed E-state index contributed by atoms with van der Waals surface area (Å²) >= 11 is 7.85. The van der Waals surface area contributed by atoms with Gasteiger partial charge >= 0.3 is 5.97 Å². The van der Waals surface area contributed by atoms with Crippen molar-refractivity contribution in [1.29, 1.82) is 0 Å². The number of aliphatic carboxylic acids is 1. The predicted molar refractivity (Wildman–Crippen MR) is 94.0 cm³/mol. The van der Waals surface area contributed by atoms with E-state index in [2.05, 4.69) is 41.2 Å². The van der Waals surface area contributed by atoms with Crippen molar-refractivity contribution in [2.75, 3.05) is 18.1 Å². The van der Waals surface area contributed by atoms with Crippen LogP contribution in [0.1, 0.15) is 6.42 Å². The Morgan fingerprint density at radius 3 is 1.68 bits per heavy atom. The van der Waals surface area contributed by atoms with E-state index in [9.17, 15) is 24.0 Å². The summed E-state index contributed by atoms with van der Waals surface area (Å²) in [7, 11) is 0. The number of amides is 4. The second-order valence-electron chi connectivity index (χ2n) is 4.82. The van der Waals surface area contributed by atoms with Crippen molar-refractivity contribution in [2.24, 2.45) is 11.5 Å². The van der Waals surface area contributed by atoms with Gasteiger partial charge in [-0.15, -0.1) is 0 Å². The van der Waals surface area contributed by atoms with E-state index in [1.54, 1.807) is 0 Å². The van der Waals surface area contributed by atoms with Crippen molar-refractivity contribution in [1.82, 2.24) is 16.0 Å². The number of carbonyl (C=O) groups excluding carboxylic acids is 4. The molecule has 0 aliphatic carbocycles. The molecule has 0 aliphatic rings. The molecule has 11 nitrogen and oxygen atoms in total. The van der Waals surface area contributed by atoms with Crippen LogP contribution >= 0.6 is 25.3 Å². The van der Waals surface area contributed by atoms with Gasteiger partial charge in [0.1, 0.15) is 18.1 Å². The topological polar surface area (TPSA) is 194 Å². The van der Waals surface area contributed by atoms with Crippen LogP contribution in [0.5, 0.6) is 0 Å². The highest BCUT2D eigenvalue weighted by Gasteiger charge is 2.29. The zero-order valence-corrected chi connectivity index (χ0v) is 14.9. The first-order chi connectivity index (χ1) is 11.7. The summed E-state index contributed by atoms with van der Waals surface area (Å²) in [5.41, 5.74) is 10.1. The van der Waals surface area contributed by atoms with Gasteiger partial charge in [-0.25, -0.2) is 4.79 Å². The lowest BCUT2D eigenvalue weighted by molar-refractivity contribution is -0.143. The molecule has 3 atom stereocenters. The zero-order chi connectivity index (χ0) is 19.6. The fourth-order valence-electron chi connectivity index (χ4n) is 1.59. The average Bonchev–Trinajstić information content (AvgIpc) is 2.55. The average molecular weight is 395 g/mol. The molecule has 13 heteroatoms. The van der Waals surface area contributed by atoms with Crippen LogP contribution in [0.3, 0.4) is 0 Å². The highest BCUT2D eigenvalue weighted by molar-refractivity contribution is 7.80. The lowest BCUT2D eigenvalue weighted by Crippen LogP contribution is -2.57. The minimum Gasteiger partial charge on any atom is -0.480 e. The largest absolute Gasteiger partial charge is 0.480 e. The van der Waals surface area contributed by atoms with Gasteiger partial charge in [-0.3, -0.25) is 19.2 Å². The van der Waals surface area contributed by atoms with E-state index in [0.29, 0.717) is 0 Å². The number of rotatable bonds is 11. The maximum Gasteiger partial charge on any atom is 0.326 e. The number of thiol groups is 2. The summed E-state index contributed by atoms with van der Waals surface area (Å²) in [6.45, 7) is -0.332. The van der Waals surface area contributed by atoms with Gasteiger partial charge in [0, 0.05) is 11.5 Å². The summed E-state index contributed by atoms with van der Waals surface area (Å²) in [6, 6.07) is -3.79. The quantitative estimate of drug-likeness (QED) is 0.164. The maximum absolute atomic E-state index is 12.1. The van der Waals surface area contributed by atoms with Crippen LogP contribution in [0.25, 0.3) is 0 Å². The predicted octanol–water partition coefficient (Wildman–Crippen LogP) is -3.78. The van der Waals surface area contributed by atoms with Crippen molar-refractivity contribution < 1.29 is 29.1 Å². The van der Waals surface area contributed by atoms with E-state index >= 15 is 0 Å². The summed E-state index contributed by atoms with van der Waals surface area (Å²) in [6.07, 6.45) is -0.611. The molecule has 0 rings (SSSR count). The monoisotopic (exact) mass is 395 g/mol. The Balaban J connectivity index is 4.91. The number of hydrogen-bond acceptors (Lipinski definition) is 8. The van der Waals surface area contributed by atoms with Crippen molar-refractivity contribution in [3.63, 3.8) is 0 Å². The number of primary amides is 1. The molecule has 0 bridgehead atoms. The molecular weight excluding hydrogens is 374 g/mol. The van der Waals surface area contributed by atoms with Crippen LogP contribution in [-0.2, 0) is 24.0 Å². The number of nitrogens with one attached hydrogen (secondary N) is 3. The van der Waals surface area contributed by atoms with Crippen LogP contribution in [-0.4, -0.2) is 70.9 Å². The van der Waals surface area contributed by atoms with Crippen LogP contribution in [0.2, 0.25) is 0 Å². The van der Waals surface area contributed by atoms with Crippen molar-refractivity contribution in [3.05, 3.63) is 0 Å². The number of carbonyl (C=O) groups is 5. The van der Waals surface area contributed by atoms with Crippen molar-refractivity contribution >= 4 is 54.9 Å². The molecule has 0 aromatic heterocycles. The lowest BCUT2D eigenvalue weighted by Gasteiger charge is -2.22. The van der Waals surface area contributed by atoms with Gasteiger partial charge in [0.15, 0.2) is 0 Å². The van der Waals surface area contributed by atoms with Gasteiger partial charge in [-0.1, -0.05) is 0 Å². The first-order valence-corrected chi connectivity index (χ1v) is 8.25. The van der Waals surface area contributed by atoms with Gasteiger partial charge in [0.25, 0.3) is 0 Å². The Labute approximate surface area is 154 Å². The zero-order valence-electron chi connectivity index (χ0n) is 13.1. The van der Waals surface area contributed by atoms with Crippen LogP contribution in [0, 0.1) is 0 Å². The van der Waals surface area contributed by atoms with E-state index in [1.165, 1.54) is 0 Å². The number of nitrogens with two attached hydrogens (primary N) is 2. The molecule has 4 amide bonds. The molecule has 0 radical (unpaired) electrons. The molecule has 0 aromatic rings. The minimum atomic E-state index is -1.54. The molecule has 0 saturated heterocycles. The van der Waals surface area contributed by atoms with Gasteiger partial charge < -0.3 is 32.5 Å². The number of carboxylic acids is 1. The Hall–Kier alpha value is -1.99. The SMILES string of the molecule is NCC(=O)NC(CS)C(=O)NC(CS)C(=O)NC(CC(N)=O)C(=O)O. The molecule has 0 saturated carbocycles. The Kier molecular flexibility index (Phi) is 10.6. The third-order valence-corrected chi connectivity index (χ3v) is 3.59. The number of hydrogen-bond donors (Lipinski definition) is 8. The molecule has 3 unspecified atom stereocenters. The summed E-state index contributed by atoms with van der Waals surface area (Å²) in [4.78, 5) is 57.3. The van der Waals surface area contributed by atoms with E-state index in [0.717, 1.165) is 0 Å². The fraction of sp³-hybridized carbons (Fsp3) is 0.583. The van der Waals surface area contributed by atoms with Crippen molar-refractivity contribution in [2.45, 2.75) is 24.5 Å². The number of carboxylic acid groups (broad SMARTS) is 1. The summed E-state index contributed by atoms with van der Waals surface area (Å²) < 4.78 is 0. The van der Waals surface area contributed by atoms with E-state index in [1.807, 2.05) is 0 Å². The molecule has 142 valence electrons. The molecule has 8 N–H and O–H groups in total. The van der Waals surface area contributed by atoms with Gasteiger partial charge in [0.2, 0.25) is 23.6 Å². The van der Waals surface area contributed by atoms with Gasteiger partial charge in [-0.05, 0) is 0 Å². The molecule has 0 spiro atoms. The van der Waals surface area contributed by atoms with Crippen LogP contribution < -0.4 is 27.4 Å². The molecular formula is C12H21N5O6S2. The second-order valence-corrected chi connectivity index (χ2v) is 5.55. The summed E-state index contributed by atoms with van der Waals surface area (Å²) in [5, 5.41) is 15.7. The van der Waals surface area contributed by atoms with Crippen LogP contribution in [0.15, 0.2) is 0 Å². The van der Waals surface area contributed by atoms with Crippen molar-refractivity contribution in [3.8, 4) is 0 Å². The highest BCUT2D eigenvalue weighted by atomic mass is 32.1. The highest BCUT2D eigenvalue weighted by Crippen LogP contribution is 1.98. The van der Waals surface area contributed by atoms with E-state index in [-0.39, 0.29) is 18.1 Å². The maximum atomic E-state index is 12.1. The second kappa shape index (κ2) is 11.5. The minimum absolute atomic E-state index is 0.0576. The van der Waals surface area contributed by atoms with E-state index < -0.39 is 54.1 Å². The van der Waals surface area contributed by atoms with Gasteiger partial charge in [0.05, 0.1) is 13.0 Å². The molecule has 0 aromatic carbocycles. The molecule has 0 fully saturated rings. The fourth-order valence-corrected chi connectivity index (χ4v) is 2.10. The Bertz CT molecular complexity index is 532. The Morgan fingerprint density at radius 1 is 0.880 bits per heavy atom. The third kappa shape index (κ3) is 8.60. The van der Waals surface area contributed by atoms with Gasteiger partial charge in [-0.2, -0.15) is 25.3 Å². The van der Waals surface area contributed by atoms with E-state index in [4.69, 9.17) is 16.6 Å².